The average Bonchev–Trinajstić information content (AvgIpc) is 2.14. The Morgan fingerprint density at radius 1 is 1.86 bits per heavy atom. The number of ether oxygens (including phenoxy) is 1. The minimum Gasteiger partial charge on any atom is -0.410 e. The number of rotatable bonds is 0. The summed E-state index contributed by atoms with van der Waals surface area (Å²) in [5, 5.41) is 11.7. The first-order chi connectivity index (χ1) is 3.43. The molecule has 0 amide bonds. The van der Waals surface area contributed by atoms with Gasteiger partial charge in [0.25, 0.3) is 0 Å². The Bertz CT molecular complexity index is 84.9. The van der Waals surface area contributed by atoms with Gasteiger partial charge in [-0.15, -0.1) is 0 Å². The van der Waals surface area contributed by atoms with E-state index in [-0.39, 0.29) is 0 Å². The highest BCUT2D eigenvalue weighted by Crippen LogP contribution is 2.11. The van der Waals surface area contributed by atoms with Crippen molar-refractivity contribution in [2.75, 3.05) is 12.5 Å². The minimum absolute atomic E-state index is 0.473. The summed E-state index contributed by atoms with van der Waals surface area (Å²) in [7, 11) is 0. The van der Waals surface area contributed by atoms with Crippen molar-refractivity contribution in [3.8, 4) is 0 Å². The molecule has 40 valence electrons. The maximum absolute atomic E-state index is 8.05. The molecule has 1 aliphatic heterocycles. The molecule has 3 nitrogen and oxygen atoms in total. The van der Waals surface area contributed by atoms with Crippen LogP contribution in [-0.4, -0.2) is 22.8 Å². The van der Waals surface area contributed by atoms with Crippen molar-refractivity contribution in [1.29, 1.82) is 0 Å². The van der Waals surface area contributed by atoms with E-state index >= 15 is 0 Å². The Labute approximate surface area is 45.3 Å². The molecule has 0 aliphatic carbocycles. The van der Waals surface area contributed by atoms with E-state index in [2.05, 4.69) is 5.16 Å². The van der Waals surface area contributed by atoms with Crippen molar-refractivity contribution in [3.63, 3.8) is 0 Å². The van der Waals surface area contributed by atoms with Gasteiger partial charge in [0.1, 0.15) is 5.04 Å². The summed E-state index contributed by atoms with van der Waals surface area (Å²) in [6.07, 6.45) is 0. The van der Waals surface area contributed by atoms with Crippen LogP contribution in [0.5, 0.6) is 0 Å². The van der Waals surface area contributed by atoms with E-state index in [1.165, 1.54) is 11.8 Å². The molecule has 1 fully saturated rings. The van der Waals surface area contributed by atoms with Crippen LogP contribution in [-0.2, 0) is 4.74 Å². The largest absolute Gasteiger partial charge is 0.410 e. The summed E-state index contributed by atoms with van der Waals surface area (Å²) >= 11 is 1.42. The monoisotopic (exact) mass is 119 g/mol. The zero-order valence-corrected chi connectivity index (χ0v) is 4.44. The van der Waals surface area contributed by atoms with Crippen LogP contribution in [0.15, 0.2) is 5.16 Å². The fraction of sp³-hybridized carbons (Fsp3) is 0.667. The van der Waals surface area contributed by atoms with Crippen LogP contribution < -0.4 is 0 Å². The number of hydrogen-bond donors (Lipinski definition) is 1. The second kappa shape index (κ2) is 2.18. The Morgan fingerprint density at radius 3 is 3.00 bits per heavy atom. The van der Waals surface area contributed by atoms with E-state index < -0.39 is 0 Å². The van der Waals surface area contributed by atoms with E-state index in [9.17, 15) is 0 Å². The van der Waals surface area contributed by atoms with Crippen molar-refractivity contribution in [1.82, 2.24) is 0 Å². The third kappa shape index (κ3) is 1.07. The van der Waals surface area contributed by atoms with Gasteiger partial charge in [-0.1, -0.05) is 16.9 Å². The summed E-state index contributed by atoms with van der Waals surface area (Å²) in [6, 6.07) is 0. The van der Waals surface area contributed by atoms with Gasteiger partial charge in [-0.3, -0.25) is 0 Å². The third-order valence-electron chi connectivity index (χ3n) is 0.646. The maximum atomic E-state index is 8.05. The van der Waals surface area contributed by atoms with Crippen molar-refractivity contribution >= 4 is 16.8 Å². The van der Waals surface area contributed by atoms with Crippen molar-refractivity contribution in [2.45, 2.75) is 0 Å². The first-order valence-corrected chi connectivity index (χ1v) is 2.83. The van der Waals surface area contributed by atoms with Gasteiger partial charge in [0.2, 0.25) is 0 Å². The molecule has 1 aliphatic rings. The van der Waals surface area contributed by atoms with Gasteiger partial charge in [-0.25, -0.2) is 0 Å². The molecule has 1 N–H and O–H groups in total. The van der Waals surface area contributed by atoms with Gasteiger partial charge in [-0.05, 0) is 0 Å². The summed E-state index contributed by atoms with van der Waals surface area (Å²) in [5.41, 5.74) is 0. The smallest absolute Gasteiger partial charge is 0.140 e. The molecule has 0 bridgehead atoms. The van der Waals surface area contributed by atoms with E-state index in [0.29, 0.717) is 17.6 Å². The van der Waals surface area contributed by atoms with Crippen LogP contribution in [0.4, 0.5) is 0 Å². The van der Waals surface area contributed by atoms with Crippen LogP contribution in [0.1, 0.15) is 0 Å². The molecule has 1 rings (SSSR count). The van der Waals surface area contributed by atoms with Gasteiger partial charge in [0.05, 0.1) is 12.5 Å². The Kier molecular flexibility index (Phi) is 1.54. The Morgan fingerprint density at radius 2 is 2.71 bits per heavy atom. The fourth-order valence-corrected chi connectivity index (χ4v) is 0.865. The Hall–Kier alpha value is -0.220. The van der Waals surface area contributed by atoms with Crippen molar-refractivity contribution in [3.05, 3.63) is 0 Å². The molecule has 0 aromatic rings. The first-order valence-electron chi connectivity index (χ1n) is 1.85. The molecule has 0 spiro atoms. The molecule has 0 unspecified atom stereocenters. The third-order valence-corrected chi connectivity index (χ3v) is 1.46. The normalized spacial score (nSPS) is 26.6. The van der Waals surface area contributed by atoms with E-state index in [1.807, 2.05) is 0 Å². The lowest BCUT2D eigenvalue weighted by atomic mass is 10.8. The minimum atomic E-state index is 0.473. The van der Waals surface area contributed by atoms with Crippen LogP contribution in [0.3, 0.4) is 0 Å². The van der Waals surface area contributed by atoms with Crippen molar-refractivity contribution in [2.24, 2.45) is 5.16 Å². The number of hydrogen-bond acceptors (Lipinski definition) is 4. The fourth-order valence-electron chi connectivity index (χ4n) is 0.338. The van der Waals surface area contributed by atoms with Gasteiger partial charge < -0.3 is 9.94 Å². The number of oxime groups is 1. The van der Waals surface area contributed by atoms with Gasteiger partial charge in [0.15, 0.2) is 0 Å². The zero-order chi connectivity index (χ0) is 5.11. The predicted octanol–water partition coefficient (Wildman–Crippen LogP) is 0.495. The lowest BCUT2D eigenvalue weighted by Crippen LogP contribution is -1.90. The summed E-state index contributed by atoms with van der Waals surface area (Å²) in [4.78, 5) is 0. The highest BCUT2D eigenvalue weighted by Gasteiger charge is 2.07. The molecule has 1 saturated heterocycles. The summed E-state index contributed by atoms with van der Waals surface area (Å²) < 4.78 is 4.82. The molecule has 1 heterocycles. The van der Waals surface area contributed by atoms with Crippen molar-refractivity contribution < 1.29 is 9.94 Å². The molecule has 0 atom stereocenters. The van der Waals surface area contributed by atoms with E-state index in [4.69, 9.17) is 9.94 Å². The molecular formula is C3H5NO2S. The van der Waals surface area contributed by atoms with E-state index in [1.54, 1.807) is 0 Å². The van der Waals surface area contributed by atoms with E-state index in [0.717, 1.165) is 0 Å². The number of thioether (sulfide) groups is 1. The molecule has 0 aromatic heterocycles. The molecule has 0 saturated carbocycles. The second-order valence-electron chi connectivity index (χ2n) is 1.10. The lowest BCUT2D eigenvalue weighted by molar-refractivity contribution is 0.233. The predicted molar refractivity (Wildman–Crippen MR) is 27.6 cm³/mol. The molecular weight excluding hydrogens is 114 g/mol. The van der Waals surface area contributed by atoms with Gasteiger partial charge in [0, 0.05) is 0 Å². The standard InChI is InChI=1S/C3H5NO2S/c5-4-3-1-6-2-7-3/h5H,1-2H2/b4-3-. The topological polar surface area (TPSA) is 41.8 Å². The molecule has 4 heteroatoms. The quantitative estimate of drug-likeness (QED) is 0.373. The van der Waals surface area contributed by atoms with Crippen LogP contribution >= 0.6 is 11.8 Å². The second-order valence-corrected chi connectivity index (χ2v) is 2.10. The van der Waals surface area contributed by atoms with Gasteiger partial charge >= 0.3 is 0 Å². The number of nitrogens with zero attached hydrogens (tertiary/aromatic N) is 1. The molecule has 0 aromatic carbocycles. The summed E-state index contributed by atoms with van der Waals surface area (Å²) in [6.45, 7) is 0.473. The SMILES string of the molecule is O/N=C1/COCS1. The van der Waals surface area contributed by atoms with Crippen LogP contribution in [0, 0.1) is 0 Å². The van der Waals surface area contributed by atoms with Crippen LogP contribution in [0.2, 0.25) is 0 Å². The lowest BCUT2D eigenvalue weighted by Gasteiger charge is -1.79. The maximum Gasteiger partial charge on any atom is 0.140 e. The van der Waals surface area contributed by atoms with Gasteiger partial charge in [-0.2, -0.15) is 0 Å². The zero-order valence-electron chi connectivity index (χ0n) is 3.63. The summed E-state index contributed by atoms with van der Waals surface area (Å²) in [5.74, 6) is 0.624. The molecule has 0 radical (unpaired) electrons. The highest BCUT2D eigenvalue weighted by atomic mass is 32.2. The first kappa shape index (κ1) is 4.93. The molecule has 7 heavy (non-hydrogen) atoms. The highest BCUT2D eigenvalue weighted by molar-refractivity contribution is 8.14. The Balaban J connectivity index is 2.41. The average molecular weight is 119 g/mol. The van der Waals surface area contributed by atoms with Crippen LogP contribution in [0.25, 0.3) is 0 Å².